The van der Waals surface area contributed by atoms with Gasteiger partial charge in [-0.2, -0.15) is 0 Å². The van der Waals surface area contributed by atoms with Crippen LogP contribution >= 0.6 is 0 Å². The molecule has 0 radical (unpaired) electrons. The first-order valence-electron chi connectivity index (χ1n) is 6.20. The molecule has 0 fully saturated rings. The lowest BCUT2D eigenvalue weighted by Crippen LogP contribution is -2.14. The van der Waals surface area contributed by atoms with E-state index in [-0.39, 0.29) is 0 Å². The average molecular weight is 288 g/mol. The molecule has 0 saturated carbocycles. The number of esters is 1. The van der Waals surface area contributed by atoms with E-state index in [2.05, 4.69) is 0 Å². The molecular formula is C16H13FO4. The molecule has 0 saturated heterocycles. The number of ketones is 1. The van der Waals surface area contributed by atoms with Crippen LogP contribution in [0.15, 0.2) is 48.5 Å². The van der Waals surface area contributed by atoms with E-state index in [1.165, 1.54) is 31.4 Å². The molecule has 2 aromatic carbocycles. The third-order valence-corrected chi connectivity index (χ3v) is 2.83. The number of methoxy groups -OCH3 is 1. The number of benzene rings is 2. The summed E-state index contributed by atoms with van der Waals surface area (Å²) in [5.74, 6) is -0.805. The molecular weight excluding hydrogens is 275 g/mol. The average Bonchev–Trinajstić information content (AvgIpc) is 2.53. The zero-order valence-electron chi connectivity index (χ0n) is 11.3. The molecule has 0 aliphatic rings. The third-order valence-electron chi connectivity index (χ3n) is 2.83. The highest BCUT2D eigenvalue weighted by Crippen LogP contribution is 2.12. The Bertz CT molecular complexity index is 632. The number of rotatable bonds is 5. The first kappa shape index (κ1) is 14.7. The zero-order chi connectivity index (χ0) is 15.2. The smallest absolute Gasteiger partial charge is 0.338 e. The number of carbonyl (C=O) groups excluding carboxylic acids is 2. The highest BCUT2D eigenvalue weighted by atomic mass is 19.1. The number of hydrogen-bond acceptors (Lipinski definition) is 4. The van der Waals surface area contributed by atoms with Gasteiger partial charge in [0.1, 0.15) is 11.6 Å². The molecule has 0 spiro atoms. The van der Waals surface area contributed by atoms with Crippen molar-refractivity contribution in [2.75, 3.05) is 13.7 Å². The second-order valence-corrected chi connectivity index (χ2v) is 4.23. The summed E-state index contributed by atoms with van der Waals surface area (Å²) >= 11 is 0. The van der Waals surface area contributed by atoms with E-state index in [4.69, 9.17) is 9.47 Å². The largest absolute Gasteiger partial charge is 0.497 e. The molecule has 0 aromatic heterocycles. The van der Waals surface area contributed by atoms with Gasteiger partial charge in [0.2, 0.25) is 0 Å². The first-order valence-corrected chi connectivity index (χ1v) is 6.20. The van der Waals surface area contributed by atoms with Gasteiger partial charge in [0.15, 0.2) is 12.4 Å². The second kappa shape index (κ2) is 6.65. The van der Waals surface area contributed by atoms with E-state index < -0.39 is 24.2 Å². The van der Waals surface area contributed by atoms with Gasteiger partial charge in [-0.3, -0.25) is 4.79 Å². The summed E-state index contributed by atoms with van der Waals surface area (Å²) in [6, 6.07) is 11.4. The molecule has 5 heteroatoms. The van der Waals surface area contributed by atoms with Crippen molar-refractivity contribution in [1.29, 1.82) is 0 Å². The van der Waals surface area contributed by atoms with Crippen LogP contribution in [-0.4, -0.2) is 25.5 Å². The van der Waals surface area contributed by atoms with E-state index in [1.807, 2.05) is 0 Å². The number of ether oxygens (including phenoxy) is 2. The minimum absolute atomic E-state index is 0.291. The lowest BCUT2D eigenvalue weighted by molar-refractivity contribution is 0.0474. The molecule has 2 rings (SSSR count). The molecule has 0 unspecified atom stereocenters. The van der Waals surface area contributed by atoms with Crippen molar-refractivity contribution in [3.63, 3.8) is 0 Å². The Hall–Kier alpha value is -2.69. The van der Waals surface area contributed by atoms with Crippen LogP contribution in [0.1, 0.15) is 20.7 Å². The lowest BCUT2D eigenvalue weighted by Gasteiger charge is -2.05. The van der Waals surface area contributed by atoms with E-state index in [0.717, 1.165) is 0 Å². The predicted molar refractivity (Wildman–Crippen MR) is 74.0 cm³/mol. The first-order chi connectivity index (χ1) is 10.1. The van der Waals surface area contributed by atoms with Crippen LogP contribution in [0.2, 0.25) is 0 Å². The normalized spacial score (nSPS) is 10.0. The summed E-state index contributed by atoms with van der Waals surface area (Å²) in [6.45, 7) is -0.392. The van der Waals surface area contributed by atoms with Crippen LogP contribution in [0, 0.1) is 5.82 Å². The van der Waals surface area contributed by atoms with Gasteiger partial charge >= 0.3 is 5.97 Å². The summed E-state index contributed by atoms with van der Waals surface area (Å²) in [7, 11) is 1.52. The van der Waals surface area contributed by atoms with E-state index in [1.54, 1.807) is 24.3 Å². The minimum atomic E-state index is -0.604. The maximum atomic E-state index is 12.7. The monoisotopic (exact) mass is 288 g/mol. The minimum Gasteiger partial charge on any atom is -0.497 e. The predicted octanol–water partition coefficient (Wildman–Crippen LogP) is 2.87. The lowest BCUT2D eigenvalue weighted by atomic mass is 10.1. The Kier molecular flexibility index (Phi) is 4.66. The molecule has 0 amide bonds. The van der Waals surface area contributed by atoms with Crippen molar-refractivity contribution in [2.45, 2.75) is 0 Å². The number of Topliss-reactive ketones (excluding diaryl/α,β-unsaturated/α-hetero) is 1. The van der Waals surface area contributed by atoms with Crippen LogP contribution in [0.4, 0.5) is 4.39 Å². The van der Waals surface area contributed by atoms with Gasteiger partial charge in [-0.1, -0.05) is 0 Å². The van der Waals surface area contributed by atoms with Crippen LogP contribution < -0.4 is 4.74 Å². The maximum Gasteiger partial charge on any atom is 0.338 e. The summed E-state index contributed by atoms with van der Waals surface area (Å²) in [5, 5.41) is 0. The molecule has 0 aliphatic heterocycles. The summed E-state index contributed by atoms with van der Waals surface area (Å²) < 4.78 is 22.6. The van der Waals surface area contributed by atoms with E-state index in [9.17, 15) is 14.0 Å². The zero-order valence-corrected chi connectivity index (χ0v) is 11.3. The van der Waals surface area contributed by atoms with E-state index >= 15 is 0 Å². The molecule has 0 heterocycles. The van der Waals surface area contributed by atoms with Crippen LogP contribution in [0.3, 0.4) is 0 Å². The SMILES string of the molecule is COc1ccc(C(=O)OCC(=O)c2ccc(F)cc2)cc1. The fourth-order valence-corrected chi connectivity index (χ4v) is 1.66. The Labute approximate surface area is 121 Å². The van der Waals surface area contributed by atoms with Crippen molar-refractivity contribution in [3.8, 4) is 5.75 Å². The molecule has 0 N–H and O–H groups in total. The molecule has 0 atom stereocenters. The topological polar surface area (TPSA) is 52.6 Å². The summed E-state index contributed by atoms with van der Waals surface area (Å²) in [4.78, 5) is 23.5. The Morgan fingerprint density at radius 1 is 0.952 bits per heavy atom. The quantitative estimate of drug-likeness (QED) is 0.627. The molecule has 108 valence electrons. The molecule has 0 bridgehead atoms. The fourth-order valence-electron chi connectivity index (χ4n) is 1.66. The number of halogens is 1. The standard InChI is InChI=1S/C16H13FO4/c1-20-14-8-4-12(5-9-14)16(19)21-10-15(18)11-2-6-13(17)7-3-11/h2-9H,10H2,1H3. The van der Waals surface area contributed by atoms with Crippen molar-refractivity contribution < 1.29 is 23.5 Å². The molecule has 2 aromatic rings. The Morgan fingerprint density at radius 2 is 1.52 bits per heavy atom. The summed E-state index contributed by atoms with van der Waals surface area (Å²) in [5.41, 5.74) is 0.613. The van der Waals surface area contributed by atoms with Crippen LogP contribution in [0.25, 0.3) is 0 Å². The highest BCUT2D eigenvalue weighted by molar-refractivity contribution is 5.99. The highest BCUT2D eigenvalue weighted by Gasteiger charge is 2.12. The maximum absolute atomic E-state index is 12.7. The fraction of sp³-hybridized carbons (Fsp3) is 0.125. The van der Waals surface area contributed by atoms with Gasteiger partial charge in [-0.25, -0.2) is 9.18 Å². The van der Waals surface area contributed by atoms with Gasteiger partial charge in [0.05, 0.1) is 12.7 Å². The Balaban J connectivity index is 1.93. The summed E-state index contributed by atoms with van der Waals surface area (Å²) in [6.07, 6.45) is 0. The third kappa shape index (κ3) is 3.89. The van der Waals surface area contributed by atoms with Gasteiger partial charge in [0, 0.05) is 5.56 Å². The van der Waals surface area contributed by atoms with Crippen molar-refractivity contribution in [3.05, 3.63) is 65.5 Å². The van der Waals surface area contributed by atoms with Crippen LogP contribution in [0.5, 0.6) is 5.75 Å². The van der Waals surface area contributed by atoms with Gasteiger partial charge in [-0.15, -0.1) is 0 Å². The van der Waals surface area contributed by atoms with Gasteiger partial charge < -0.3 is 9.47 Å². The van der Waals surface area contributed by atoms with E-state index in [0.29, 0.717) is 16.9 Å². The Morgan fingerprint density at radius 3 is 2.10 bits per heavy atom. The van der Waals surface area contributed by atoms with Gasteiger partial charge in [0.25, 0.3) is 0 Å². The molecule has 21 heavy (non-hydrogen) atoms. The molecule has 0 aliphatic carbocycles. The van der Waals surface area contributed by atoms with Gasteiger partial charge in [-0.05, 0) is 48.5 Å². The second-order valence-electron chi connectivity index (χ2n) is 4.23. The number of carbonyl (C=O) groups is 2. The van der Waals surface area contributed by atoms with Crippen molar-refractivity contribution in [1.82, 2.24) is 0 Å². The van der Waals surface area contributed by atoms with Crippen molar-refractivity contribution in [2.24, 2.45) is 0 Å². The van der Waals surface area contributed by atoms with Crippen molar-refractivity contribution >= 4 is 11.8 Å². The van der Waals surface area contributed by atoms with Crippen LogP contribution in [-0.2, 0) is 4.74 Å². The molecule has 4 nitrogen and oxygen atoms in total. The number of hydrogen-bond donors (Lipinski definition) is 0.